The Kier molecular flexibility index (Phi) is 5.58. The van der Waals surface area contributed by atoms with Gasteiger partial charge in [0.2, 0.25) is 5.91 Å². The lowest BCUT2D eigenvalue weighted by molar-refractivity contribution is -0.114. The Labute approximate surface area is 171 Å². The maximum absolute atomic E-state index is 13.7. The first-order chi connectivity index (χ1) is 14.0. The molecule has 29 heavy (non-hydrogen) atoms. The van der Waals surface area contributed by atoms with Gasteiger partial charge in [0.15, 0.2) is 0 Å². The minimum Gasteiger partial charge on any atom is -0.326 e. The Bertz CT molecular complexity index is 997. The van der Waals surface area contributed by atoms with Crippen molar-refractivity contribution in [3.05, 3.63) is 76.3 Å². The van der Waals surface area contributed by atoms with Crippen molar-refractivity contribution < 1.29 is 9.18 Å². The molecule has 4 rings (SSSR count). The van der Waals surface area contributed by atoms with Crippen molar-refractivity contribution in [1.82, 2.24) is 4.90 Å². The third-order valence-electron chi connectivity index (χ3n) is 5.73. The second-order valence-electron chi connectivity index (χ2n) is 7.82. The van der Waals surface area contributed by atoms with Gasteiger partial charge in [0.25, 0.3) is 0 Å². The van der Waals surface area contributed by atoms with E-state index >= 15 is 0 Å². The summed E-state index contributed by atoms with van der Waals surface area (Å²) < 4.78 is 13.7. The largest absolute Gasteiger partial charge is 0.326 e. The number of hydrogen-bond donors (Lipinski definition) is 1. The summed E-state index contributed by atoms with van der Waals surface area (Å²) in [6.07, 6.45) is 9.81. The van der Waals surface area contributed by atoms with Crippen LogP contribution in [0.1, 0.15) is 30.9 Å². The molecular formula is C24H26FN3O. The molecule has 0 radical (unpaired) electrons. The van der Waals surface area contributed by atoms with Crippen molar-refractivity contribution in [2.45, 2.75) is 33.1 Å². The number of carbonyl (C=O) groups is 1. The number of benzene rings is 1. The zero-order valence-electron chi connectivity index (χ0n) is 17.0. The highest BCUT2D eigenvalue weighted by molar-refractivity contribution is 6.09. The van der Waals surface area contributed by atoms with Gasteiger partial charge in [0.1, 0.15) is 5.83 Å². The van der Waals surface area contributed by atoms with Crippen LogP contribution in [0.5, 0.6) is 0 Å². The second-order valence-corrected chi connectivity index (χ2v) is 7.82. The van der Waals surface area contributed by atoms with E-state index in [0.717, 1.165) is 55.0 Å². The van der Waals surface area contributed by atoms with E-state index in [2.05, 4.69) is 40.3 Å². The van der Waals surface area contributed by atoms with E-state index in [1.807, 2.05) is 12.3 Å². The Hall–Kier alpha value is -2.79. The number of aryl methyl sites for hydroxylation is 1. The Morgan fingerprint density at radius 1 is 1.28 bits per heavy atom. The molecule has 1 aromatic carbocycles. The Morgan fingerprint density at radius 3 is 2.90 bits per heavy atom. The molecule has 1 N–H and O–H groups in total. The van der Waals surface area contributed by atoms with Gasteiger partial charge in [0.05, 0.1) is 5.71 Å². The SMILES string of the molecule is CC(=O)Nc1ccc(C)c(CCN2CC=C(C3=CN=C4CC=C(F)C=C34)CC2)c1. The number of aliphatic imine (C=N–C) groups is 1. The van der Waals surface area contributed by atoms with E-state index in [-0.39, 0.29) is 11.7 Å². The summed E-state index contributed by atoms with van der Waals surface area (Å²) in [5.74, 6) is -0.216. The van der Waals surface area contributed by atoms with E-state index in [1.165, 1.54) is 23.6 Å². The van der Waals surface area contributed by atoms with Crippen LogP contribution in [-0.2, 0) is 11.2 Å². The Morgan fingerprint density at radius 2 is 2.14 bits per heavy atom. The topological polar surface area (TPSA) is 44.7 Å². The lowest BCUT2D eigenvalue weighted by Gasteiger charge is -2.27. The van der Waals surface area contributed by atoms with Crippen LogP contribution in [0.15, 0.2) is 70.2 Å². The quantitative estimate of drug-likeness (QED) is 0.794. The van der Waals surface area contributed by atoms with Crippen molar-refractivity contribution in [3.8, 4) is 0 Å². The van der Waals surface area contributed by atoms with Crippen molar-refractivity contribution in [2.75, 3.05) is 25.0 Å². The first kappa shape index (κ1) is 19.5. The maximum atomic E-state index is 13.7. The fourth-order valence-corrected chi connectivity index (χ4v) is 4.07. The number of anilines is 1. The van der Waals surface area contributed by atoms with Crippen LogP contribution in [0.3, 0.4) is 0 Å². The van der Waals surface area contributed by atoms with Gasteiger partial charge in [-0.05, 0) is 60.8 Å². The van der Waals surface area contributed by atoms with Crippen LogP contribution >= 0.6 is 0 Å². The minimum atomic E-state index is -0.165. The van der Waals surface area contributed by atoms with Crippen molar-refractivity contribution in [3.63, 3.8) is 0 Å². The number of fused-ring (bicyclic) bond motifs is 1. The molecule has 0 unspecified atom stereocenters. The highest BCUT2D eigenvalue weighted by atomic mass is 19.1. The number of allylic oxidation sites excluding steroid dienone is 5. The summed E-state index contributed by atoms with van der Waals surface area (Å²) >= 11 is 0. The number of rotatable bonds is 5. The summed E-state index contributed by atoms with van der Waals surface area (Å²) in [7, 11) is 0. The summed E-state index contributed by atoms with van der Waals surface area (Å²) in [6.45, 7) is 6.47. The molecule has 0 fully saturated rings. The lowest BCUT2D eigenvalue weighted by atomic mass is 9.89. The van der Waals surface area contributed by atoms with E-state index in [1.54, 1.807) is 12.2 Å². The van der Waals surface area contributed by atoms with Gasteiger partial charge in [-0.25, -0.2) is 4.39 Å². The molecule has 0 saturated heterocycles. The van der Waals surface area contributed by atoms with Crippen LogP contribution < -0.4 is 5.32 Å². The second kappa shape index (κ2) is 8.29. The van der Waals surface area contributed by atoms with Gasteiger partial charge in [0, 0.05) is 56.0 Å². The fraction of sp³-hybridized carbons (Fsp3) is 0.333. The van der Waals surface area contributed by atoms with Crippen LogP contribution in [-0.4, -0.2) is 36.2 Å². The zero-order chi connectivity index (χ0) is 20.4. The highest BCUT2D eigenvalue weighted by Gasteiger charge is 2.24. The molecular weight excluding hydrogens is 365 g/mol. The van der Waals surface area contributed by atoms with Gasteiger partial charge in [-0.3, -0.25) is 14.7 Å². The summed E-state index contributed by atoms with van der Waals surface area (Å²) in [5, 5.41) is 2.86. The van der Waals surface area contributed by atoms with Crippen molar-refractivity contribution in [2.24, 2.45) is 4.99 Å². The van der Waals surface area contributed by atoms with E-state index in [4.69, 9.17) is 0 Å². The van der Waals surface area contributed by atoms with E-state index < -0.39 is 0 Å². The predicted octanol–water partition coefficient (Wildman–Crippen LogP) is 4.65. The first-order valence-corrected chi connectivity index (χ1v) is 10.1. The molecule has 0 bridgehead atoms. The minimum absolute atomic E-state index is 0.0506. The molecule has 5 heteroatoms. The van der Waals surface area contributed by atoms with Crippen LogP contribution in [0, 0.1) is 6.92 Å². The van der Waals surface area contributed by atoms with Gasteiger partial charge < -0.3 is 5.32 Å². The highest BCUT2D eigenvalue weighted by Crippen LogP contribution is 2.34. The smallest absolute Gasteiger partial charge is 0.221 e. The summed E-state index contributed by atoms with van der Waals surface area (Å²) in [6, 6.07) is 6.08. The van der Waals surface area contributed by atoms with Crippen molar-refractivity contribution >= 4 is 17.3 Å². The predicted molar refractivity (Wildman–Crippen MR) is 116 cm³/mol. The first-order valence-electron chi connectivity index (χ1n) is 10.1. The van der Waals surface area contributed by atoms with Crippen LogP contribution in [0.2, 0.25) is 0 Å². The average Bonchev–Trinajstić information content (AvgIpc) is 3.11. The summed E-state index contributed by atoms with van der Waals surface area (Å²) in [4.78, 5) is 18.2. The Balaban J connectivity index is 1.37. The molecule has 1 amide bonds. The molecule has 2 aliphatic heterocycles. The molecule has 0 atom stereocenters. The van der Waals surface area contributed by atoms with E-state index in [0.29, 0.717) is 6.42 Å². The van der Waals surface area contributed by atoms with Crippen LogP contribution in [0.25, 0.3) is 0 Å². The molecule has 150 valence electrons. The number of nitrogens with zero attached hydrogens (tertiary/aromatic N) is 2. The monoisotopic (exact) mass is 391 g/mol. The molecule has 0 saturated carbocycles. The molecule has 1 aliphatic carbocycles. The number of halogens is 1. The maximum Gasteiger partial charge on any atom is 0.221 e. The third-order valence-corrected chi connectivity index (χ3v) is 5.73. The number of hydrogen-bond acceptors (Lipinski definition) is 3. The van der Waals surface area contributed by atoms with Gasteiger partial charge in [-0.2, -0.15) is 0 Å². The number of nitrogens with one attached hydrogen (secondary N) is 1. The third kappa shape index (κ3) is 4.46. The molecule has 2 heterocycles. The van der Waals surface area contributed by atoms with Gasteiger partial charge >= 0.3 is 0 Å². The van der Waals surface area contributed by atoms with Gasteiger partial charge in [-0.1, -0.05) is 12.1 Å². The molecule has 4 nitrogen and oxygen atoms in total. The normalized spacial score (nSPS) is 18.9. The van der Waals surface area contributed by atoms with Gasteiger partial charge in [-0.15, -0.1) is 0 Å². The molecule has 1 aromatic rings. The number of carbonyl (C=O) groups excluding carboxylic acids is 1. The lowest BCUT2D eigenvalue weighted by Crippen LogP contribution is -2.31. The van der Waals surface area contributed by atoms with E-state index in [9.17, 15) is 9.18 Å². The average molecular weight is 391 g/mol. The molecule has 0 spiro atoms. The molecule has 3 aliphatic rings. The fourth-order valence-electron chi connectivity index (χ4n) is 4.07. The number of amides is 1. The summed E-state index contributed by atoms with van der Waals surface area (Å²) in [5.41, 5.74) is 7.63. The van der Waals surface area contributed by atoms with Crippen LogP contribution in [0.4, 0.5) is 10.1 Å². The standard InChI is InChI=1S/C24H26FN3O/c1-16-3-5-21(27-17(2)29)13-19(16)9-12-28-10-7-18(8-11-28)23-15-26-24-6-4-20(25)14-22(23)24/h3-5,7,13-15H,6,8-12H2,1-2H3,(H,27,29). The van der Waals surface area contributed by atoms with Crippen molar-refractivity contribution in [1.29, 1.82) is 0 Å². The zero-order valence-corrected chi connectivity index (χ0v) is 17.0. The molecule has 0 aromatic heterocycles.